The summed E-state index contributed by atoms with van der Waals surface area (Å²) in [7, 11) is 0. The molecule has 4 amide bonds. The fourth-order valence-electron chi connectivity index (χ4n) is 4.96. The van der Waals surface area contributed by atoms with E-state index in [1.54, 1.807) is 13.8 Å². The molecule has 1 heterocycles. The van der Waals surface area contributed by atoms with Gasteiger partial charge < -0.3 is 10.6 Å². The molecule has 8 heteroatoms. The fourth-order valence-corrected chi connectivity index (χ4v) is 4.96. The van der Waals surface area contributed by atoms with Crippen LogP contribution in [-0.2, 0) is 30.4 Å². The first-order valence-electron chi connectivity index (χ1n) is 13.1. The molecular formula is C31H33N3O5. The Kier molecular flexibility index (Phi) is 8.54. The zero-order valence-electron chi connectivity index (χ0n) is 22.3. The van der Waals surface area contributed by atoms with Gasteiger partial charge in [-0.25, -0.2) is 0 Å². The molecule has 1 saturated heterocycles. The Morgan fingerprint density at radius 1 is 0.821 bits per heavy atom. The summed E-state index contributed by atoms with van der Waals surface area (Å²) in [6, 6.07) is 21.4. The fraction of sp³-hybridized carbons (Fsp3) is 0.323. The molecule has 4 rings (SSSR count). The van der Waals surface area contributed by atoms with Crippen LogP contribution in [0.4, 0.5) is 0 Å². The van der Waals surface area contributed by atoms with Crippen LogP contribution in [0.15, 0.2) is 72.8 Å². The van der Waals surface area contributed by atoms with E-state index in [2.05, 4.69) is 16.0 Å². The second-order valence-electron chi connectivity index (χ2n) is 10.4. The monoisotopic (exact) mass is 527 g/mol. The van der Waals surface area contributed by atoms with Gasteiger partial charge >= 0.3 is 0 Å². The smallest absolute Gasteiger partial charge is 0.238 e. The van der Waals surface area contributed by atoms with Crippen molar-refractivity contribution in [2.75, 3.05) is 0 Å². The van der Waals surface area contributed by atoms with Gasteiger partial charge in [0.2, 0.25) is 23.6 Å². The Bertz CT molecular complexity index is 1400. The quantitative estimate of drug-likeness (QED) is 0.276. The van der Waals surface area contributed by atoms with Crippen molar-refractivity contribution in [2.45, 2.75) is 45.7 Å². The molecule has 0 aliphatic carbocycles. The van der Waals surface area contributed by atoms with Crippen LogP contribution >= 0.6 is 0 Å². The molecule has 1 aliphatic heterocycles. The molecule has 1 aliphatic rings. The zero-order valence-corrected chi connectivity index (χ0v) is 22.3. The molecule has 3 N–H and O–H groups in total. The number of carbonyl (C=O) groups excluding carboxylic acids is 5. The molecule has 8 nitrogen and oxygen atoms in total. The highest BCUT2D eigenvalue weighted by molar-refractivity contribution is 6.16. The normalized spacial score (nSPS) is 18.5. The minimum Gasteiger partial charge on any atom is -0.348 e. The zero-order chi connectivity index (χ0) is 28.1. The predicted molar refractivity (Wildman–Crippen MR) is 147 cm³/mol. The van der Waals surface area contributed by atoms with Crippen molar-refractivity contribution in [1.82, 2.24) is 16.0 Å². The molecule has 3 aromatic rings. The topological polar surface area (TPSA) is 121 Å². The van der Waals surface area contributed by atoms with Gasteiger partial charge in [0.25, 0.3) is 0 Å². The van der Waals surface area contributed by atoms with Crippen LogP contribution in [0, 0.1) is 17.8 Å². The summed E-state index contributed by atoms with van der Waals surface area (Å²) in [6.07, 6.45) is 0.0426. The molecule has 3 aromatic carbocycles. The van der Waals surface area contributed by atoms with Crippen molar-refractivity contribution >= 4 is 40.2 Å². The van der Waals surface area contributed by atoms with Gasteiger partial charge in [-0.05, 0) is 27.8 Å². The number of rotatable bonds is 10. The number of amides is 4. The molecule has 0 saturated carbocycles. The van der Waals surface area contributed by atoms with Crippen molar-refractivity contribution in [3.63, 3.8) is 0 Å². The Balaban J connectivity index is 1.46. The first-order chi connectivity index (χ1) is 18.6. The standard InChI is InChI=1S/C31H33N3O5/c1-18(2)28(29(37)27-19(3)30(38)34-31(27)39)33-26(36)17-24(22-10-5-4-6-11-22)32-25(35)16-20-13-14-21-9-7-8-12-23(21)15-20/h4-15,18-19,24,27-28H,16-17H2,1-3H3,(H,32,35)(H,33,36)(H,34,38,39)/t19-,24-,27+,28-/m0/s1. The summed E-state index contributed by atoms with van der Waals surface area (Å²) in [6.45, 7) is 5.06. The Morgan fingerprint density at radius 2 is 1.49 bits per heavy atom. The van der Waals surface area contributed by atoms with Crippen molar-refractivity contribution in [3.05, 3.63) is 83.9 Å². The summed E-state index contributed by atoms with van der Waals surface area (Å²) in [5.74, 6) is -4.56. The van der Waals surface area contributed by atoms with Crippen LogP contribution in [0.3, 0.4) is 0 Å². The van der Waals surface area contributed by atoms with Crippen LogP contribution in [-0.4, -0.2) is 35.5 Å². The number of hydrogen-bond acceptors (Lipinski definition) is 5. The SMILES string of the molecule is CC(C)[C@H](NC(=O)C[C@H](NC(=O)Cc1ccc2ccccc2c1)c1ccccc1)C(=O)[C@@H]1C(=O)NC(=O)[C@H]1C. The lowest BCUT2D eigenvalue weighted by Crippen LogP contribution is -2.49. The van der Waals surface area contributed by atoms with Crippen LogP contribution < -0.4 is 16.0 Å². The highest BCUT2D eigenvalue weighted by Gasteiger charge is 2.46. The molecular weight excluding hydrogens is 494 g/mol. The average Bonchev–Trinajstić information content (AvgIpc) is 3.17. The first kappa shape index (κ1) is 27.7. The van der Waals surface area contributed by atoms with E-state index in [9.17, 15) is 24.0 Å². The van der Waals surface area contributed by atoms with E-state index in [4.69, 9.17) is 0 Å². The van der Waals surface area contributed by atoms with Crippen LogP contribution in [0.5, 0.6) is 0 Å². The highest BCUT2D eigenvalue weighted by atomic mass is 16.2. The summed E-state index contributed by atoms with van der Waals surface area (Å²) in [4.78, 5) is 63.6. The van der Waals surface area contributed by atoms with E-state index in [0.29, 0.717) is 0 Å². The van der Waals surface area contributed by atoms with Crippen molar-refractivity contribution in [3.8, 4) is 0 Å². The van der Waals surface area contributed by atoms with Gasteiger partial charge in [0.15, 0.2) is 5.78 Å². The molecule has 1 fully saturated rings. The van der Waals surface area contributed by atoms with Gasteiger partial charge in [0, 0.05) is 0 Å². The predicted octanol–water partition coefficient (Wildman–Crippen LogP) is 3.25. The van der Waals surface area contributed by atoms with Gasteiger partial charge in [-0.3, -0.25) is 29.3 Å². The van der Waals surface area contributed by atoms with Gasteiger partial charge in [-0.1, -0.05) is 93.6 Å². The third-order valence-electron chi connectivity index (χ3n) is 7.14. The maximum atomic E-state index is 13.2. The van der Waals surface area contributed by atoms with E-state index >= 15 is 0 Å². The summed E-state index contributed by atoms with van der Waals surface area (Å²) in [5, 5.41) is 10.1. The van der Waals surface area contributed by atoms with E-state index in [-0.39, 0.29) is 24.7 Å². The van der Waals surface area contributed by atoms with Crippen molar-refractivity contribution in [2.24, 2.45) is 17.8 Å². The number of ketones is 1. The van der Waals surface area contributed by atoms with E-state index in [1.165, 1.54) is 6.92 Å². The van der Waals surface area contributed by atoms with Gasteiger partial charge in [-0.2, -0.15) is 0 Å². The number of fused-ring (bicyclic) bond motifs is 1. The maximum absolute atomic E-state index is 13.2. The Labute approximate surface area is 227 Å². The third-order valence-corrected chi connectivity index (χ3v) is 7.14. The minimum atomic E-state index is -1.14. The minimum absolute atomic E-state index is 0.102. The lowest BCUT2D eigenvalue weighted by Gasteiger charge is -2.26. The van der Waals surface area contributed by atoms with Crippen LogP contribution in [0.1, 0.15) is 44.4 Å². The largest absolute Gasteiger partial charge is 0.348 e. The number of hydrogen-bond donors (Lipinski definition) is 3. The molecule has 39 heavy (non-hydrogen) atoms. The molecule has 0 spiro atoms. The van der Waals surface area contributed by atoms with E-state index in [1.807, 2.05) is 72.8 Å². The number of Topliss-reactive ketones (excluding diaryl/α,β-unsaturated/α-hetero) is 1. The molecule has 4 atom stereocenters. The number of nitrogens with one attached hydrogen (secondary N) is 3. The van der Waals surface area contributed by atoms with Gasteiger partial charge in [0.05, 0.1) is 30.8 Å². The van der Waals surface area contributed by atoms with E-state index < -0.39 is 47.4 Å². The van der Waals surface area contributed by atoms with Gasteiger partial charge in [0.1, 0.15) is 5.92 Å². The van der Waals surface area contributed by atoms with Crippen LogP contribution in [0.25, 0.3) is 10.8 Å². The Morgan fingerprint density at radius 3 is 2.13 bits per heavy atom. The second kappa shape index (κ2) is 12.0. The lowest BCUT2D eigenvalue weighted by molar-refractivity contribution is -0.137. The molecule has 0 bridgehead atoms. The summed E-state index contributed by atoms with van der Waals surface area (Å²) < 4.78 is 0. The molecule has 202 valence electrons. The average molecular weight is 528 g/mol. The maximum Gasteiger partial charge on any atom is 0.238 e. The second-order valence-corrected chi connectivity index (χ2v) is 10.4. The number of benzene rings is 3. The summed E-state index contributed by atoms with van der Waals surface area (Å²) >= 11 is 0. The summed E-state index contributed by atoms with van der Waals surface area (Å²) in [5.41, 5.74) is 1.60. The molecule has 0 unspecified atom stereocenters. The van der Waals surface area contributed by atoms with Crippen molar-refractivity contribution in [1.29, 1.82) is 0 Å². The third kappa shape index (κ3) is 6.57. The van der Waals surface area contributed by atoms with Crippen LogP contribution in [0.2, 0.25) is 0 Å². The molecule has 0 radical (unpaired) electrons. The number of imide groups is 1. The number of carbonyl (C=O) groups is 5. The Hall–Kier alpha value is -4.33. The highest BCUT2D eigenvalue weighted by Crippen LogP contribution is 2.24. The molecule has 0 aromatic heterocycles. The lowest BCUT2D eigenvalue weighted by atomic mass is 9.85. The van der Waals surface area contributed by atoms with Gasteiger partial charge in [-0.15, -0.1) is 0 Å². The van der Waals surface area contributed by atoms with Crippen molar-refractivity contribution < 1.29 is 24.0 Å². The first-order valence-corrected chi connectivity index (χ1v) is 13.1. The van der Waals surface area contributed by atoms with E-state index in [0.717, 1.165) is 21.9 Å².